The van der Waals surface area contributed by atoms with Gasteiger partial charge in [-0.3, -0.25) is 0 Å². The van der Waals surface area contributed by atoms with E-state index in [2.05, 4.69) is 12.1 Å². The Hall–Kier alpha value is -0.730. The number of ether oxygens (including phenoxy) is 1. The van der Waals surface area contributed by atoms with Gasteiger partial charge in [-0.05, 0) is 49.3 Å². The molecule has 0 unspecified atom stereocenters. The Morgan fingerprint density at radius 2 is 1.94 bits per heavy atom. The molecule has 0 amide bonds. The second kappa shape index (κ2) is 4.43. The average molecular weight is 266 g/mol. The van der Waals surface area contributed by atoms with Crippen molar-refractivity contribution < 1.29 is 4.74 Å². The molecule has 2 fully saturated rings. The summed E-state index contributed by atoms with van der Waals surface area (Å²) in [6.45, 7) is 0. The molecule has 18 heavy (non-hydrogen) atoms. The fourth-order valence-electron chi connectivity index (χ4n) is 3.11. The van der Waals surface area contributed by atoms with E-state index in [1.54, 1.807) is 7.11 Å². The highest BCUT2D eigenvalue weighted by molar-refractivity contribution is 6.31. The number of methoxy groups -OCH3 is 1. The van der Waals surface area contributed by atoms with Gasteiger partial charge in [0.1, 0.15) is 5.75 Å². The highest BCUT2D eigenvalue weighted by Gasteiger charge is 2.35. The summed E-state index contributed by atoms with van der Waals surface area (Å²) in [5.74, 6) is 1.52. The van der Waals surface area contributed by atoms with Crippen LogP contribution >= 0.6 is 11.6 Å². The van der Waals surface area contributed by atoms with Gasteiger partial charge in [0.15, 0.2) is 0 Å². The van der Waals surface area contributed by atoms with Crippen molar-refractivity contribution in [3.63, 3.8) is 0 Å². The molecule has 3 heteroatoms. The van der Waals surface area contributed by atoms with Crippen molar-refractivity contribution in [3.8, 4) is 5.75 Å². The molecule has 1 aromatic rings. The molecule has 0 aromatic heterocycles. The van der Waals surface area contributed by atoms with Gasteiger partial charge in [0.25, 0.3) is 0 Å². The summed E-state index contributed by atoms with van der Waals surface area (Å²) in [7, 11) is 1.72. The lowest BCUT2D eigenvalue weighted by atomic mass is 9.88. The summed E-state index contributed by atoms with van der Waals surface area (Å²) in [5.41, 5.74) is 8.63. The van der Waals surface area contributed by atoms with Crippen molar-refractivity contribution in [1.29, 1.82) is 0 Å². The summed E-state index contributed by atoms with van der Waals surface area (Å²) in [6, 6.07) is 4.19. The van der Waals surface area contributed by atoms with Crippen molar-refractivity contribution in [2.75, 3.05) is 7.11 Å². The van der Waals surface area contributed by atoms with Gasteiger partial charge in [-0.15, -0.1) is 0 Å². The summed E-state index contributed by atoms with van der Waals surface area (Å²) < 4.78 is 5.53. The van der Waals surface area contributed by atoms with E-state index in [4.69, 9.17) is 22.1 Å². The van der Waals surface area contributed by atoms with Crippen LogP contribution in [-0.2, 0) is 5.54 Å². The number of hydrogen-bond acceptors (Lipinski definition) is 2. The minimum atomic E-state index is -0.195. The van der Waals surface area contributed by atoms with E-state index in [1.165, 1.54) is 31.2 Å². The van der Waals surface area contributed by atoms with Gasteiger partial charge in [0, 0.05) is 16.1 Å². The quantitative estimate of drug-likeness (QED) is 0.898. The summed E-state index contributed by atoms with van der Waals surface area (Å²) in [5, 5.41) is 0.837. The predicted molar refractivity (Wildman–Crippen MR) is 74.3 cm³/mol. The third-order valence-electron chi connectivity index (χ3n) is 4.37. The molecule has 2 saturated carbocycles. The van der Waals surface area contributed by atoms with Crippen LogP contribution in [-0.4, -0.2) is 7.11 Å². The third kappa shape index (κ3) is 2.02. The maximum Gasteiger partial charge on any atom is 0.124 e. The fourth-order valence-corrected chi connectivity index (χ4v) is 3.48. The van der Waals surface area contributed by atoms with Crippen molar-refractivity contribution in [3.05, 3.63) is 28.3 Å². The third-order valence-corrected chi connectivity index (χ3v) is 4.68. The molecule has 0 bridgehead atoms. The lowest BCUT2D eigenvalue weighted by Crippen LogP contribution is -2.33. The molecule has 2 aliphatic rings. The van der Waals surface area contributed by atoms with Crippen LogP contribution in [0.25, 0.3) is 0 Å². The van der Waals surface area contributed by atoms with Gasteiger partial charge in [0.2, 0.25) is 0 Å². The lowest BCUT2D eigenvalue weighted by Gasteiger charge is -2.26. The van der Waals surface area contributed by atoms with E-state index >= 15 is 0 Å². The molecule has 0 radical (unpaired) electrons. The van der Waals surface area contributed by atoms with Crippen LogP contribution < -0.4 is 10.5 Å². The van der Waals surface area contributed by atoms with Gasteiger partial charge in [-0.2, -0.15) is 0 Å². The molecule has 1 aromatic carbocycles. The average Bonchev–Trinajstić information content (AvgIpc) is 3.09. The topological polar surface area (TPSA) is 35.2 Å². The second-order valence-electron chi connectivity index (χ2n) is 5.71. The molecule has 2 nitrogen and oxygen atoms in total. The summed E-state index contributed by atoms with van der Waals surface area (Å²) >= 11 is 6.45. The Kier molecular flexibility index (Phi) is 3.03. The van der Waals surface area contributed by atoms with E-state index in [0.29, 0.717) is 5.92 Å². The van der Waals surface area contributed by atoms with Crippen LogP contribution in [0.3, 0.4) is 0 Å². The van der Waals surface area contributed by atoms with Crippen molar-refractivity contribution in [2.24, 2.45) is 5.73 Å². The Morgan fingerprint density at radius 1 is 1.28 bits per heavy atom. The molecular weight excluding hydrogens is 246 g/mol. The first-order valence-corrected chi connectivity index (χ1v) is 7.18. The normalized spacial score (nSPS) is 22.2. The Morgan fingerprint density at radius 3 is 2.50 bits per heavy atom. The van der Waals surface area contributed by atoms with E-state index in [-0.39, 0.29) is 5.54 Å². The van der Waals surface area contributed by atoms with Crippen LogP contribution in [0.5, 0.6) is 5.75 Å². The Balaban J connectivity index is 2.04. The minimum absolute atomic E-state index is 0.195. The zero-order chi connectivity index (χ0) is 12.8. The van der Waals surface area contributed by atoms with Crippen molar-refractivity contribution in [1.82, 2.24) is 0 Å². The molecular formula is C15H20ClNO. The van der Waals surface area contributed by atoms with Gasteiger partial charge in [0.05, 0.1) is 7.11 Å². The van der Waals surface area contributed by atoms with Crippen molar-refractivity contribution in [2.45, 2.75) is 50.0 Å². The van der Waals surface area contributed by atoms with E-state index in [1.807, 2.05) is 0 Å². The van der Waals surface area contributed by atoms with E-state index in [9.17, 15) is 0 Å². The van der Waals surface area contributed by atoms with Crippen molar-refractivity contribution >= 4 is 11.6 Å². The second-order valence-corrected chi connectivity index (χ2v) is 6.12. The first-order chi connectivity index (χ1) is 8.64. The molecule has 2 N–H and O–H groups in total. The molecule has 3 rings (SSSR count). The predicted octanol–water partition coefficient (Wildman–Crippen LogP) is 3.95. The minimum Gasteiger partial charge on any atom is -0.496 e. The molecule has 0 atom stereocenters. The van der Waals surface area contributed by atoms with Gasteiger partial charge in [-0.25, -0.2) is 0 Å². The molecule has 0 heterocycles. The van der Waals surface area contributed by atoms with Crippen LogP contribution in [0, 0.1) is 0 Å². The zero-order valence-corrected chi connectivity index (χ0v) is 11.6. The van der Waals surface area contributed by atoms with Crippen LogP contribution in [0.2, 0.25) is 5.02 Å². The largest absolute Gasteiger partial charge is 0.496 e. The SMILES string of the molecule is COc1cc(C2(N)CCCC2)cc(Cl)c1C1CC1. The molecule has 0 spiro atoms. The first-order valence-electron chi connectivity index (χ1n) is 6.81. The molecule has 2 aliphatic carbocycles. The fraction of sp³-hybridized carbons (Fsp3) is 0.600. The van der Waals surface area contributed by atoms with Gasteiger partial charge < -0.3 is 10.5 Å². The number of rotatable bonds is 3. The lowest BCUT2D eigenvalue weighted by molar-refractivity contribution is 0.403. The highest BCUT2D eigenvalue weighted by atomic mass is 35.5. The first kappa shape index (κ1) is 12.3. The standard InChI is InChI=1S/C15H20ClNO/c1-18-13-9-11(15(17)6-2-3-7-15)8-12(16)14(13)10-4-5-10/h8-10H,2-7,17H2,1H3. The molecule has 98 valence electrons. The maximum atomic E-state index is 6.50. The van der Waals surface area contributed by atoms with Gasteiger partial charge >= 0.3 is 0 Å². The monoisotopic (exact) mass is 265 g/mol. The Labute approximate surface area is 113 Å². The van der Waals surface area contributed by atoms with Crippen LogP contribution in [0.1, 0.15) is 55.6 Å². The highest BCUT2D eigenvalue weighted by Crippen LogP contribution is 2.49. The smallest absolute Gasteiger partial charge is 0.124 e. The van der Waals surface area contributed by atoms with E-state index < -0.39 is 0 Å². The maximum absolute atomic E-state index is 6.50. The summed E-state index contributed by atoms with van der Waals surface area (Å²) in [6.07, 6.45) is 6.97. The van der Waals surface area contributed by atoms with Gasteiger partial charge in [-0.1, -0.05) is 24.4 Å². The van der Waals surface area contributed by atoms with Crippen LogP contribution in [0.4, 0.5) is 0 Å². The van der Waals surface area contributed by atoms with Crippen LogP contribution in [0.15, 0.2) is 12.1 Å². The number of nitrogens with two attached hydrogens (primary N) is 1. The number of hydrogen-bond donors (Lipinski definition) is 1. The summed E-state index contributed by atoms with van der Waals surface area (Å²) in [4.78, 5) is 0. The van der Waals surface area contributed by atoms with E-state index in [0.717, 1.165) is 29.2 Å². The zero-order valence-electron chi connectivity index (χ0n) is 10.8. The number of benzene rings is 1. The molecule has 0 aliphatic heterocycles. The molecule has 0 saturated heterocycles. The number of halogens is 1. The Bertz CT molecular complexity index is 462.